The number of nitro groups is 1. The molecule has 0 aromatic carbocycles. The Hall–Kier alpha value is -2.71. The highest BCUT2D eigenvalue weighted by Gasteiger charge is 2.29. The van der Waals surface area contributed by atoms with Crippen LogP contribution >= 0.6 is 0 Å². The second kappa shape index (κ2) is 5.96. The number of carbonyl (C=O) groups excluding carboxylic acids is 1. The highest BCUT2D eigenvalue weighted by Crippen LogP contribution is 2.23. The molecule has 0 saturated heterocycles. The van der Waals surface area contributed by atoms with Crippen molar-refractivity contribution >= 4 is 11.6 Å². The van der Waals surface area contributed by atoms with Gasteiger partial charge in [0.05, 0.1) is 16.7 Å². The standard InChI is InChI=1S/C13H18N6O3/c1-5-18-10(6-7-14-18)8(2)15-13(20)11-12(19(21)22)9(3)17(4)16-11/h6-8H,5H2,1-4H3,(H,15,20). The van der Waals surface area contributed by atoms with Crippen molar-refractivity contribution in [2.75, 3.05) is 0 Å². The van der Waals surface area contributed by atoms with Crippen LogP contribution in [-0.2, 0) is 13.6 Å². The average molecular weight is 306 g/mol. The van der Waals surface area contributed by atoms with Gasteiger partial charge in [0.2, 0.25) is 5.69 Å². The summed E-state index contributed by atoms with van der Waals surface area (Å²) in [5.74, 6) is -0.577. The van der Waals surface area contributed by atoms with Gasteiger partial charge in [-0.15, -0.1) is 0 Å². The molecule has 1 atom stereocenters. The van der Waals surface area contributed by atoms with Crippen molar-refractivity contribution in [1.29, 1.82) is 0 Å². The lowest BCUT2D eigenvalue weighted by Crippen LogP contribution is -2.29. The van der Waals surface area contributed by atoms with Crippen molar-refractivity contribution in [3.8, 4) is 0 Å². The van der Waals surface area contributed by atoms with Gasteiger partial charge in [-0.1, -0.05) is 0 Å². The van der Waals surface area contributed by atoms with Gasteiger partial charge in [0, 0.05) is 19.8 Å². The molecule has 0 radical (unpaired) electrons. The zero-order valence-corrected chi connectivity index (χ0v) is 12.9. The molecule has 2 heterocycles. The normalized spacial score (nSPS) is 12.2. The topological polar surface area (TPSA) is 108 Å². The Labute approximate surface area is 127 Å². The summed E-state index contributed by atoms with van der Waals surface area (Å²) >= 11 is 0. The average Bonchev–Trinajstić information content (AvgIpc) is 3.04. The van der Waals surface area contributed by atoms with E-state index in [0.29, 0.717) is 12.2 Å². The van der Waals surface area contributed by atoms with E-state index >= 15 is 0 Å². The van der Waals surface area contributed by atoms with E-state index in [2.05, 4.69) is 15.5 Å². The molecule has 0 aliphatic rings. The number of aryl methyl sites for hydroxylation is 2. The third kappa shape index (κ3) is 2.69. The van der Waals surface area contributed by atoms with E-state index < -0.39 is 10.8 Å². The molecule has 118 valence electrons. The van der Waals surface area contributed by atoms with Gasteiger partial charge in [0.1, 0.15) is 5.69 Å². The van der Waals surface area contributed by atoms with Crippen molar-refractivity contribution in [1.82, 2.24) is 24.9 Å². The Morgan fingerprint density at radius 3 is 2.82 bits per heavy atom. The molecule has 0 aliphatic heterocycles. The van der Waals surface area contributed by atoms with Crippen molar-refractivity contribution in [2.24, 2.45) is 7.05 Å². The van der Waals surface area contributed by atoms with Gasteiger partial charge in [-0.25, -0.2) is 0 Å². The summed E-state index contributed by atoms with van der Waals surface area (Å²) in [4.78, 5) is 22.9. The van der Waals surface area contributed by atoms with E-state index in [0.717, 1.165) is 5.69 Å². The maximum atomic E-state index is 12.3. The lowest BCUT2D eigenvalue weighted by molar-refractivity contribution is -0.385. The number of carbonyl (C=O) groups is 1. The first kappa shape index (κ1) is 15.7. The van der Waals surface area contributed by atoms with Crippen molar-refractivity contribution < 1.29 is 9.72 Å². The Bertz CT molecular complexity index is 717. The van der Waals surface area contributed by atoms with Crippen LogP contribution in [0.1, 0.15) is 41.8 Å². The van der Waals surface area contributed by atoms with Gasteiger partial charge in [-0.3, -0.25) is 24.3 Å². The third-order valence-corrected chi connectivity index (χ3v) is 3.54. The van der Waals surface area contributed by atoms with Crippen LogP contribution in [0.2, 0.25) is 0 Å². The molecular formula is C13H18N6O3. The fraction of sp³-hybridized carbons (Fsp3) is 0.462. The molecule has 0 fully saturated rings. The van der Waals surface area contributed by atoms with E-state index in [4.69, 9.17) is 0 Å². The van der Waals surface area contributed by atoms with Crippen LogP contribution in [0.15, 0.2) is 12.3 Å². The number of rotatable bonds is 5. The molecule has 1 amide bonds. The summed E-state index contributed by atoms with van der Waals surface area (Å²) in [6.45, 7) is 5.96. The molecule has 9 nitrogen and oxygen atoms in total. The molecule has 2 rings (SSSR count). The van der Waals surface area contributed by atoms with Gasteiger partial charge < -0.3 is 5.32 Å². The highest BCUT2D eigenvalue weighted by molar-refractivity contribution is 5.96. The van der Waals surface area contributed by atoms with Crippen LogP contribution < -0.4 is 5.32 Å². The predicted octanol–water partition coefficient (Wildman–Crippen LogP) is 1.34. The summed E-state index contributed by atoms with van der Waals surface area (Å²) < 4.78 is 3.08. The number of hydrogen-bond donors (Lipinski definition) is 1. The highest BCUT2D eigenvalue weighted by atomic mass is 16.6. The van der Waals surface area contributed by atoms with E-state index in [9.17, 15) is 14.9 Å². The van der Waals surface area contributed by atoms with E-state index in [1.807, 2.05) is 6.92 Å². The zero-order valence-electron chi connectivity index (χ0n) is 12.9. The van der Waals surface area contributed by atoms with Crippen LogP contribution in [0.25, 0.3) is 0 Å². The zero-order chi connectivity index (χ0) is 16.4. The second-order valence-corrected chi connectivity index (χ2v) is 4.93. The maximum absolute atomic E-state index is 12.3. The summed E-state index contributed by atoms with van der Waals surface area (Å²) in [7, 11) is 1.56. The van der Waals surface area contributed by atoms with Crippen LogP contribution in [-0.4, -0.2) is 30.4 Å². The lowest BCUT2D eigenvalue weighted by Gasteiger charge is -2.14. The number of nitrogens with one attached hydrogen (secondary N) is 1. The summed E-state index contributed by atoms with van der Waals surface area (Å²) in [5, 5.41) is 21.9. The molecule has 9 heteroatoms. The van der Waals surface area contributed by atoms with E-state index in [-0.39, 0.29) is 17.4 Å². The quantitative estimate of drug-likeness (QED) is 0.662. The molecular weight excluding hydrogens is 288 g/mol. The first-order chi connectivity index (χ1) is 10.4. The minimum Gasteiger partial charge on any atom is -0.342 e. The lowest BCUT2D eigenvalue weighted by atomic mass is 10.2. The Balaban J connectivity index is 2.26. The number of aromatic nitrogens is 4. The first-order valence-electron chi connectivity index (χ1n) is 6.87. The number of nitrogens with zero attached hydrogens (tertiary/aromatic N) is 5. The fourth-order valence-corrected chi connectivity index (χ4v) is 2.28. The Morgan fingerprint density at radius 1 is 1.55 bits per heavy atom. The molecule has 0 spiro atoms. The van der Waals surface area contributed by atoms with Crippen LogP contribution in [0.4, 0.5) is 5.69 Å². The third-order valence-electron chi connectivity index (χ3n) is 3.54. The summed E-state index contributed by atoms with van der Waals surface area (Å²) in [5.41, 5.74) is 0.711. The van der Waals surface area contributed by atoms with Crippen molar-refractivity contribution in [3.05, 3.63) is 39.5 Å². The molecule has 1 unspecified atom stereocenters. The van der Waals surface area contributed by atoms with Gasteiger partial charge >= 0.3 is 5.69 Å². The largest absolute Gasteiger partial charge is 0.342 e. The van der Waals surface area contributed by atoms with Gasteiger partial charge in [-0.05, 0) is 26.8 Å². The van der Waals surface area contributed by atoms with Crippen LogP contribution in [0.3, 0.4) is 0 Å². The van der Waals surface area contributed by atoms with Crippen molar-refractivity contribution in [3.63, 3.8) is 0 Å². The summed E-state index contributed by atoms with van der Waals surface area (Å²) in [6.07, 6.45) is 1.65. The molecule has 22 heavy (non-hydrogen) atoms. The fourth-order valence-electron chi connectivity index (χ4n) is 2.28. The maximum Gasteiger partial charge on any atom is 0.322 e. The molecule has 1 N–H and O–H groups in total. The molecule has 0 bridgehead atoms. The number of amides is 1. The monoisotopic (exact) mass is 306 g/mol. The van der Waals surface area contributed by atoms with Crippen LogP contribution in [0.5, 0.6) is 0 Å². The minimum absolute atomic E-state index is 0.181. The van der Waals surface area contributed by atoms with Gasteiger partial charge in [0.25, 0.3) is 5.91 Å². The van der Waals surface area contributed by atoms with Crippen LogP contribution in [0, 0.1) is 17.0 Å². The van der Waals surface area contributed by atoms with Gasteiger partial charge in [-0.2, -0.15) is 10.2 Å². The molecule has 2 aromatic rings. The Morgan fingerprint density at radius 2 is 2.23 bits per heavy atom. The molecule has 2 aromatic heterocycles. The number of hydrogen-bond acceptors (Lipinski definition) is 5. The summed E-state index contributed by atoms with van der Waals surface area (Å²) in [6, 6.07) is 1.46. The van der Waals surface area contributed by atoms with E-state index in [1.165, 1.54) is 4.68 Å². The SMILES string of the molecule is CCn1nccc1C(C)NC(=O)c1nn(C)c(C)c1[N+](=O)[O-]. The minimum atomic E-state index is -0.585. The smallest absolute Gasteiger partial charge is 0.322 e. The van der Waals surface area contributed by atoms with Crippen molar-refractivity contribution in [2.45, 2.75) is 33.4 Å². The second-order valence-electron chi connectivity index (χ2n) is 4.93. The molecule has 0 aliphatic carbocycles. The van der Waals surface area contributed by atoms with Gasteiger partial charge in [0.15, 0.2) is 0 Å². The van der Waals surface area contributed by atoms with E-state index in [1.54, 1.807) is 37.8 Å². The Kier molecular flexibility index (Phi) is 4.25. The first-order valence-corrected chi connectivity index (χ1v) is 6.87. The predicted molar refractivity (Wildman–Crippen MR) is 78.4 cm³/mol. The molecule has 0 saturated carbocycles.